The van der Waals surface area contributed by atoms with Gasteiger partial charge in [-0.25, -0.2) is 0 Å². The molecule has 21 heavy (non-hydrogen) atoms. The van der Waals surface area contributed by atoms with Gasteiger partial charge in [0, 0.05) is 12.1 Å². The molecule has 1 aromatic rings. The molecule has 1 N–H and O–H groups in total. The molecule has 0 saturated heterocycles. The van der Waals surface area contributed by atoms with E-state index in [9.17, 15) is 10.1 Å². The lowest BCUT2D eigenvalue weighted by atomic mass is 9.84. The number of rotatable bonds is 4. The van der Waals surface area contributed by atoms with Gasteiger partial charge in [-0.3, -0.25) is 10.1 Å². The highest BCUT2D eigenvalue weighted by atomic mass is 35.5. The number of nitrogens with zero attached hydrogens (tertiary/aromatic N) is 1. The highest BCUT2D eigenvalue weighted by Gasteiger charge is 2.42. The summed E-state index contributed by atoms with van der Waals surface area (Å²) < 4.78 is 0. The summed E-state index contributed by atoms with van der Waals surface area (Å²) in [7, 11) is 0. The van der Waals surface area contributed by atoms with E-state index in [-0.39, 0.29) is 16.8 Å². The van der Waals surface area contributed by atoms with Crippen LogP contribution in [0, 0.1) is 27.9 Å². The van der Waals surface area contributed by atoms with Crippen LogP contribution < -0.4 is 5.32 Å². The molecule has 2 aliphatic carbocycles. The van der Waals surface area contributed by atoms with Gasteiger partial charge >= 0.3 is 0 Å². The number of hydrogen-bond acceptors (Lipinski definition) is 3. The normalized spacial score (nSPS) is 28.6. The van der Waals surface area contributed by atoms with Gasteiger partial charge in [-0.05, 0) is 50.0 Å². The Bertz CT molecular complexity index is 579. The summed E-state index contributed by atoms with van der Waals surface area (Å²) >= 11 is 11.9. The van der Waals surface area contributed by atoms with Crippen LogP contribution in [0.3, 0.4) is 0 Å². The summed E-state index contributed by atoms with van der Waals surface area (Å²) in [5.74, 6) is 2.21. The largest absolute Gasteiger partial charge is 0.377 e. The second-order valence-electron chi connectivity index (χ2n) is 6.31. The summed E-state index contributed by atoms with van der Waals surface area (Å²) in [5, 5.41) is 15.0. The van der Waals surface area contributed by atoms with E-state index < -0.39 is 4.92 Å². The quantitative estimate of drug-likeness (QED) is 0.615. The van der Waals surface area contributed by atoms with Crippen LogP contribution in [-0.2, 0) is 0 Å². The fourth-order valence-corrected chi connectivity index (χ4v) is 4.38. The molecule has 114 valence electrons. The average Bonchev–Trinajstić information content (AvgIpc) is 3.04. The molecule has 3 rings (SSSR count). The van der Waals surface area contributed by atoms with Gasteiger partial charge in [-0.15, -0.1) is 0 Å². The molecule has 4 atom stereocenters. The first-order valence-corrected chi connectivity index (χ1v) is 8.11. The maximum absolute atomic E-state index is 11.2. The third-order valence-electron chi connectivity index (χ3n) is 5.05. The molecule has 0 aliphatic heterocycles. The molecule has 2 fully saturated rings. The highest BCUT2D eigenvalue weighted by Crippen LogP contribution is 2.50. The van der Waals surface area contributed by atoms with Crippen molar-refractivity contribution in [2.45, 2.75) is 38.6 Å². The number of nitro benzene ring substituents is 1. The average molecular weight is 329 g/mol. The zero-order valence-electron chi connectivity index (χ0n) is 11.8. The molecule has 0 spiro atoms. The maximum atomic E-state index is 11.2. The van der Waals surface area contributed by atoms with Crippen LogP contribution in [0.25, 0.3) is 0 Å². The van der Waals surface area contributed by atoms with Gasteiger partial charge in [-0.1, -0.05) is 29.6 Å². The van der Waals surface area contributed by atoms with Crippen molar-refractivity contribution in [1.29, 1.82) is 0 Å². The van der Waals surface area contributed by atoms with Gasteiger partial charge in [-0.2, -0.15) is 0 Å². The molecule has 2 saturated carbocycles. The molecule has 0 aromatic heterocycles. The molecule has 0 amide bonds. The van der Waals surface area contributed by atoms with Crippen LogP contribution in [0.15, 0.2) is 12.1 Å². The summed E-state index contributed by atoms with van der Waals surface area (Å²) in [6, 6.07) is 3.09. The zero-order valence-corrected chi connectivity index (χ0v) is 13.3. The molecule has 0 heterocycles. The Hall–Kier alpha value is -1.00. The number of hydrogen-bond donors (Lipinski definition) is 1. The Balaban J connectivity index is 1.80. The van der Waals surface area contributed by atoms with Gasteiger partial charge < -0.3 is 5.32 Å². The van der Waals surface area contributed by atoms with E-state index in [0.717, 1.165) is 11.8 Å². The van der Waals surface area contributed by atoms with Crippen molar-refractivity contribution in [3.05, 3.63) is 32.3 Å². The Labute approximate surface area is 134 Å². The number of fused-ring (bicyclic) bond motifs is 2. The Morgan fingerprint density at radius 1 is 1.29 bits per heavy atom. The van der Waals surface area contributed by atoms with Crippen molar-refractivity contribution >= 4 is 34.6 Å². The van der Waals surface area contributed by atoms with Crippen molar-refractivity contribution in [1.82, 2.24) is 0 Å². The Morgan fingerprint density at radius 2 is 2.00 bits per heavy atom. The van der Waals surface area contributed by atoms with Gasteiger partial charge in [0.25, 0.3) is 5.69 Å². The first-order chi connectivity index (χ1) is 9.95. The minimum absolute atomic E-state index is 0.0144. The fourth-order valence-electron chi connectivity index (χ4n) is 4.06. The first kappa shape index (κ1) is 14.9. The van der Waals surface area contributed by atoms with E-state index in [0.29, 0.717) is 16.6 Å². The lowest BCUT2D eigenvalue weighted by Gasteiger charge is -2.29. The molecular formula is C15H18Cl2N2O2. The predicted octanol–water partition coefficient (Wildman–Crippen LogP) is 5.14. The number of anilines is 1. The van der Waals surface area contributed by atoms with Crippen LogP contribution in [-0.4, -0.2) is 11.0 Å². The number of nitrogens with one attached hydrogen (secondary N) is 1. The van der Waals surface area contributed by atoms with E-state index >= 15 is 0 Å². The maximum Gasteiger partial charge on any atom is 0.293 e. The van der Waals surface area contributed by atoms with Gasteiger partial charge in [0.05, 0.1) is 15.0 Å². The van der Waals surface area contributed by atoms with Crippen molar-refractivity contribution in [3.8, 4) is 0 Å². The van der Waals surface area contributed by atoms with E-state index in [2.05, 4.69) is 12.2 Å². The van der Waals surface area contributed by atoms with Crippen molar-refractivity contribution < 1.29 is 4.92 Å². The van der Waals surface area contributed by atoms with E-state index in [4.69, 9.17) is 23.2 Å². The van der Waals surface area contributed by atoms with Crippen LogP contribution in [0.4, 0.5) is 11.4 Å². The zero-order chi connectivity index (χ0) is 15.1. The van der Waals surface area contributed by atoms with E-state index in [1.165, 1.54) is 31.7 Å². The molecule has 6 heteroatoms. The van der Waals surface area contributed by atoms with Gasteiger partial charge in [0.2, 0.25) is 0 Å². The van der Waals surface area contributed by atoms with Crippen LogP contribution >= 0.6 is 23.2 Å². The van der Waals surface area contributed by atoms with Crippen LogP contribution in [0.5, 0.6) is 0 Å². The monoisotopic (exact) mass is 328 g/mol. The molecule has 2 bridgehead atoms. The number of nitro groups is 1. The molecular weight excluding hydrogens is 311 g/mol. The van der Waals surface area contributed by atoms with Crippen molar-refractivity contribution in [2.24, 2.45) is 17.8 Å². The SMILES string of the molecule is CC(Nc1cc(Cl)c(Cl)cc1[N+](=O)[O-])C1CC2CCC1C2. The highest BCUT2D eigenvalue weighted by molar-refractivity contribution is 6.42. The Morgan fingerprint density at radius 3 is 2.57 bits per heavy atom. The lowest BCUT2D eigenvalue weighted by Crippen LogP contribution is -2.30. The standard InChI is InChI=1S/C15H18Cl2N2O2/c1-8(11-5-9-2-3-10(11)4-9)18-14-6-12(16)13(17)7-15(14)19(20)21/h6-11,18H,2-5H2,1H3. The minimum atomic E-state index is -0.419. The van der Waals surface area contributed by atoms with Crippen molar-refractivity contribution in [3.63, 3.8) is 0 Å². The Kier molecular flexibility index (Phi) is 4.02. The number of halogens is 2. The summed E-state index contributed by atoms with van der Waals surface area (Å²) in [5.41, 5.74) is 0.448. The molecule has 1 aromatic carbocycles. The third-order valence-corrected chi connectivity index (χ3v) is 5.78. The second-order valence-corrected chi connectivity index (χ2v) is 7.13. The van der Waals surface area contributed by atoms with Crippen LogP contribution in [0.2, 0.25) is 10.0 Å². The summed E-state index contributed by atoms with van der Waals surface area (Å²) in [4.78, 5) is 10.8. The minimum Gasteiger partial charge on any atom is -0.377 e. The molecule has 0 radical (unpaired) electrons. The second kappa shape index (κ2) is 5.65. The predicted molar refractivity (Wildman–Crippen MR) is 85.1 cm³/mol. The van der Waals surface area contributed by atoms with Crippen molar-refractivity contribution in [2.75, 3.05) is 5.32 Å². The van der Waals surface area contributed by atoms with Gasteiger partial charge in [0.1, 0.15) is 5.69 Å². The fraction of sp³-hybridized carbons (Fsp3) is 0.600. The smallest absolute Gasteiger partial charge is 0.293 e. The molecule has 4 nitrogen and oxygen atoms in total. The van der Waals surface area contributed by atoms with E-state index in [1.807, 2.05) is 0 Å². The van der Waals surface area contributed by atoms with Gasteiger partial charge in [0.15, 0.2) is 0 Å². The first-order valence-electron chi connectivity index (χ1n) is 7.35. The van der Waals surface area contributed by atoms with Crippen LogP contribution in [0.1, 0.15) is 32.6 Å². The topological polar surface area (TPSA) is 55.2 Å². The summed E-state index contributed by atoms with van der Waals surface area (Å²) in [6.45, 7) is 2.11. The molecule has 2 aliphatic rings. The van der Waals surface area contributed by atoms with E-state index in [1.54, 1.807) is 6.07 Å². The summed E-state index contributed by atoms with van der Waals surface area (Å²) in [6.07, 6.45) is 5.19. The number of benzene rings is 1. The third kappa shape index (κ3) is 2.84. The molecule has 4 unspecified atom stereocenters. The lowest BCUT2D eigenvalue weighted by molar-refractivity contribution is -0.384.